The Morgan fingerprint density at radius 3 is 2.26 bits per heavy atom. The maximum Gasteiger partial charge on any atom is 0.251 e. The summed E-state index contributed by atoms with van der Waals surface area (Å²) in [6.45, 7) is 2.70. The van der Waals surface area contributed by atoms with Crippen LogP contribution in [0.4, 0.5) is 0 Å². The van der Waals surface area contributed by atoms with Gasteiger partial charge in [0.15, 0.2) is 0 Å². The Kier molecular flexibility index (Phi) is 6.02. The second-order valence-corrected chi connectivity index (χ2v) is 6.43. The van der Waals surface area contributed by atoms with Crippen LogP contribution in [0.15, 0.2) is 78.9 Å². The van der Waals surface area contributed by atoms with E-state index in [2.05, 4.69) is 30.4 Å². The molecule has 0 radical (unpaired) electrons. The molecule has 3 nitrogen and oxygen atoms in total. The molecule has 1 atom stereocenters. The van der Waals surface area contributed by atoms with Crippen molar-refractivity contribution in [3.63, 3.8) is 0 Å². The average molecular weight is 354 g/mol. The number of hydrogen-bond acceptors (Lipinski definition) is 2. The first kappa shape index (κ1) is 18.4. The molecule has 134 valence electrons. The van der Waals surface area contributed by atoms with Crippen LogP contribution in [0.1, 0.15) is 40.7 Å². The number of nitrogens with zero attached hydrogens (tertiary/aromatic N) is 1. The van der Waals surface area contributed by atoms with E-state index in [-0.39, 0.29) is 11.8 Å². The van der Waals surface area contributed by atoms with E-state index in [0.29, 0.717) is 17.7 Å². The summed E-state index contributed by atoms with van der Waals surface area (Å²) in [5, 5.41) is 12.5. The fraction of sp³-hybridized carbons (Fsp3) is 0.167. The highest BCUT2D eigenvalue weighted by molar-refractivity contribution is 6.01. The number of carbonyl (C=O) groups is 1. The fourth-order valence-corrected chi connectivity index (χ4v) is 3.27. The highest BCUT2D eigenvalue weighted by Crippen LogP contribution is 2.27. The summed E-state index contributed by atoms with van der Waals surface area (Å²) in [7, 11) is 0. The van der Waals surface area contributed by atoms with E-state index in [4.69, 9.17) is 0 Å². The lowest BCUT2D eigenvalue weighted by molar-refractivity contribution is 0.0951. The van der Waals surface area contributed by atoms with Crippen molar-refractivity contribution < 1.29 is 4.79 Å². The van der Waals surface area contributed by atoms with Crippen LogP contribution in [0, 0.1) is 11.3 Å². The molecule has 3 heteroatoms. The molecule has 0 aliphatic heterocycles. The maximum absolute atomic E-state index is 12.9. The molecular formula is C24H22N2O. The number of benzene rings is 3. The summed E-state index contributed by atoms with van der Waals surface area (Å²) in [5.74, 6) is 0.154. The fourth-order valence-electron chi connectivity index (χ4n) is 3.27. The van der Waals surface area contributed by atoms with E-state index in [1.807, 2.05) is 60.7 Å². The van der Waals surface area contributed by atoms with Crippen LogP contribution >= 0.6 is 0 Å². The van der Waals surface area contributed by atoms with Crippen LogP contribution in [0.3, 0.4) is 0 Å². The zero-order valence-corrected chi connectivity index (χ0v) is 15.4. The van der Waals surface area contributed by atoms with Gasteiger partial charge in [-0.2, -0.15) is 5.26 Å². The summed E-state index contributed by atoms with van der Waals surface area (Å²) in [4.78, 5) is 12.9. The summed E-state index contributed by atoms with van der Waals surface area (Å²) < 4.78 is 0. The standard InChI is InChI=1S/C24H22N2O/c1-2-18(19-10-4-3-5-11-19)17-26-24(27)23-15-9-8-14-22(23)21-13-7-6-12-20(21)16-25/h3-15,18H,2,17H2,1H3,(H,26,27)/t18-/m1/s1. The molecule has 0 unspecified atom stereocenters. The molecule has 0 spiro atoms. The molecule has 1 N–H and O–H groups in total. The number of rotatable bonds is 6. The van der Waals surface area contributed by atoms with E-state index >= 15 is 0 Å². The Labute approximate surface area is 160 Å². The molecule has 1 amide bonds. The quantitative estimate of drug-likeness (QED) is 0.665. The van der Waals surface area contributed by atoms with Crippen LogP contribution in [-0.4, -0.2) is 12.5 Å². The zero-order valence-electron chi connectivity index (χ0n) is 15.4. The van der Waals surface area contributed by atoms with Crippen LogP contribution in [0.25, 0.3) is 11.1 Å². The minimum atomic E-state index is -0.118. The highest BCUT2D eigenvalue weighted by atomic mass is 16.1. The van der Waals surface area contributed by atoms with Crippen molar-refractivity contribution in [2.24, 2.45) is 0 Å². The van der Waals surface area contributed by atoms with Gasteiger partial charge in [-0.05, 0) is 29.7 Å². The van der Waals surface area contributed by atoms with E-state index in [1.54, 1.807) is 6.07 Å². The number of nitriles is 1. The molecule has 0 aliphatic carbocycles. The second kappa shape index (κ2) is 8.82. The summed E-state index contributed by atoms with van der Waals surface area (Å²) in [5.41, 5.74) is 3.93. The first-order valence-corrected chi connectivity index (χ1v) is 9.16. The lowest BCUT2D eigenvalue weighted by Gasteiger charge is -2.17. The molecule has 0 bridgehead atoms. The van der Waals surface area contributed by atoms with Crippen LogP contribution in [0.2, 0.25) is 0 Å². The number of amides is 1. The van der Waals surface area contributed by atoms with Gasteiger partial charge >= 0.3 is 0 Å². The Morgan fingerprint density at radius 2 is 1.56 bits per heavy atom. The van der Waals surface area contributed by atoms with Crippen LogP contribution in [-0.2, 0) is 0 Å². The monoisotopic (exact) mass is 354 g/mol. The van der Waals surface area contributed by atoms with Crippen molar-refractivity contribution in [2.45, 2.75) is 19.3 Å². The zero-order chi connectivity index (χ0) is 19.1. The summed E-state index contributed by atoms with van der Waals surface area (Å²) >= 11 is 0. The van der Waals surface area contributed by atoms with Crippen LogP contribution < -0.4 is 5.32 Å². The Bertz CT molecular complexity index is 957. The summed E-state index contributed by atoms with van der Waals surface area (Å²) in [6, 6.07) is 27.2. The maximum atomic E-state index is 12.9. The Hall–Kier alpha value is -3.38. The van der Waals surface area contributed by atoms with Gasteiger partial charge < -0.3 is 5.32 Å². The van der Waals surface area contributed by atoms with Gasteiger partial charge in [0.05, 0.1) is 11.6 Å². The van der Waals surface area contributed by atoms with Crippen LogP contribution in [0.5, 0.6) is 0 Å². The van der Waals surface area contributed by atoms with E-state index in [9.17, 15) is 10.1 Å². The highest BCUT2D eigenvalue weighted by Gasteiger charge is 2.16. The lowest BCUT2D eigenvalue weighted by Crippen LogP contribution is -2.28. The largest absolute Gasteiger partial charge is 0.351 e. The van der Waals surface area contributed by atoms with Gasteiger partial charge in [-0.3, -0.25) is 4.79 Å². The summed E-state index contributed by atoms with van der Waals surface area (Å²) in [6.07, 6.45) is 0.948. The SMILES string of the molecule is CC[C@H](CNC(=O)c1ccccc1-c1ccccc1C#N)c1ccccc1. The van der Waals surface area contributed by atoms with Gasteiger partial charge in [0.1, 0.15) is 0 Å². The molecule has 3 rings (SSSR count). The van der Waals surface area contributed by atoms with Crippen molar-refractivity contribution in [1.29, 1.82) is 5.26 Å². The number of hydrogen-bond donors (Lipinski definition) is 1. The second-order valence-electron chi connectivity index (χ2n) is 6.43. The van der Waals surface area contributed by atoms with E-state index < -0.39 is 0 Å². The van der Waals surface area contributed by atoms with Gasteiger partial charge in [-0.25, -0.2) is 0 Å². The van der Waals surface area contributed by atoms with Gasteiger partial charge in [0, 0.05) is 23.6 Å². The normalized spacial score (nSPS) is 11.4. The Morgan fingerprint density at radius 1 is 0.926 bits per heavy atom. The minimum absolute atomic E-state index is 0.118. The first-order valence-electron chi connectivity index (χ1n) is 9.16. The number of carbonyl (C=O) groups excluding carboxylic acids is 1. The average Bonchev–Trinajstić information content (AvgIpc) is 2.74. The van der Waals surface area contributed by atoms with E-state index in [1.165, 1.54) is 5.56 Å². The third kappa shape index (κ3) is 4.24. The predicted octanol–water partition coefficient (Wildman–Crippen LogP) is 5.15. The molecule has 0 fully saturated rings. The first-order chi connectivity index (χ1) is 13.2. The van der Waals surface area contributed by atoms with Gasteiger partial charge in [0.2, 0.25) is 0 Å². The molecule has 3 aromatic rings. The third-order valence-electron chi connectivity index (χ3n) is 4.78. The Balaban J connectivity index is 1.83. The lowest BCUT2D eigenvalue weighted by atomic mass is 9.94. The van der Waals surface area contributed by atoms with Crippen molar-refractivity contribution >= 4 is 5.91 Å². The molecule has 0 heterocycles. The van der Waals surface area contributed by atoms with Gasteiger partial charge in [-0.1, -0.05) is 73.7 Å². The smallest absolute Gasteiger partial charge is 0.251 e. The van der Waals surface area contributed by atoms with Crippen molar-refractivity contribution in [1.82, 2.24) is 5.32 Å². The third-order valence-corrected chi connectivity index (χ3v) is 4.78. The van der Waals surface area contributed by atoms with Gasteiger partial charge in [0.25, 0.3) is 5.91 Å². The minimum Gasteiger partial charge on any atom is -0.351 e. The van der Waals surface area contributed by atoms with Crippen molar-refractivity contribution in [2.75, 3.05) is 6.54 Å². The molecule has 0 aliphatic rings. The molecular weight excluding hydrogens is 332 g/mol. The topological polar surface area (TPSA) is 52.9 Å². The molecule has 27 heavy (non-hydrogen) atoms. The molecule has 3 aromatic carbocycles. The van der Waals surface area contributed by atoms with Crippen molar-refractivity contribution in [3.05, 3.63) is 95.6 Å². The van der Waals surface area contributed by atoms with E-state index in [0.717, 1.165) is 17.5 Å². The van der Waals surface area contributed by atoms with Gasteiger partial charge in [-0.15, -0.1) is 0 Å². The molecule has 0 saturated heterocycles. The molecule has 0 saturated carbocycles. The van der Waals surface area contributed by atoms with Crippen molar-refractivity contribution in [3.8, 4) is 17.2 Å². The predicted molar refractivity (Wildman–Crippen MR) is 108 cm³/mol. The molecule has 0 aromatic heterocycles. The number of nitrogens with one attached hydrogen (secondary N) is 1.